The lowest BCUT2D eigenvalue weighted by Gasteiger charge is -2.08. The number of carboxylic acid groups (broad SMARTS) is 1. The fraction of sp³-hybridized carbons (Fsp3) is 0. The van der Waals surface area contributed by atoms with Crippen LogP contribution in [0.25, 0.3) is 17.2 Å². The predicted molar refractivity (Wildman–Crippen MR) is 100 cm³/mol. The number of carbonyl (C=O) groups is 2. The van der Waals surface area contributed by atoms with E-state index in [1.807, 2.05) is 30.3 Å². The van der Waals surface area contributed by atoms with Crippen LogP contribution in [-0.2, 0) is 0 Å². The van der Waals surface area contributed by atoms with E-state index in [4.69, 9.17) is 0 Å². The van der Waals surface area contributed by atoms with Gasteiger partial charge in [-0.2, -0.15) is 0 Å². The maximum Gasteiger partial charge on any atom is 0.336 e. The first-order valence-corrected chi connectivity index (χ1v) is 7.99. The highest BCUT2D eigenvalue weighted by atomic mass is 16.4. The molecule has 0 fully saturated rings. The van der Waals surface area contributed by atoms with Crippen LogP contribution >= 0.6 is 0 Å². The van der Waals surface area contributed by atoms with Crippen molar-refractivity contribution in [2.45, 2.75) is 0 Å². The summed E-state index contributed by atoms with van der Waals surface area (Å²) in [5.74, 6) is -1.57. The Hall–Kier alpha value is -3.66. The van der Waals surface area contributed by atoms with Gasteiger partial charge in [0.15, 0.2) is 5.78 Å². The third-order valence-electron chi connectivity index (χ3n) is 3.96. The van der Waals surface area contributed by atoms with E-state index in [9.17, 15) is 19.8 Å². The molecule has 0 radical (unpaired) electrons. The zero-order chi connectivity index (χ0) is 18.5. The van der Waals surface area contributed by atoms with Crippen molar-refractivity contribution in [3.05, 3.63) is 95.6 Å². The molecule has 26 heavy (non-hydrogen) atoms. The number of ketones is 1. The second-order valence-corrected chi connectivity index (χ2v) is 5.69. The van der Waals surface area contributed by atoms with Gasteiger partial charge in [0.1, 0.15) is 5.75 Å². The molecule has 0 unspecified atom stereocenters. The number of aromatic carboxylic acids is 1. The van der Waals surface area contributed by atoms with Crippen molar-refractivity contribution in [1.82, 2.24) is 0 Å². The summed E-state index contributed by atoms with van der Waals surface area (Å²) >= 11 is 0. The minimum absolute atomic E-state index is 0.134. The molecule has 128 valence electrons. The molecule has 0 aromatic heterocycles. The Morgan fingerprint density at radius 2 is 1.50 bits per heavy atom. The first-order valence-electron chi connectivity index (χ1n) is 7.99. The van der Waals surface area contributed by atoms with E-state index in [1.165, 1.54) is 24.3 Å². The zero-order valence-electron chi connectivity index (χ0n) is 13.8. The molecule has 0 aliphatic heterocycles. The molecular weight excluding hydrogens is 328 g/mol. The molecule has 0 bridgehead atoms. The molecule has 0 saturated heterocycles. The highest BCUT2D eigenvalue weighted by Crippen LogP contribution is 2.29. The van der Waals surface area contributed by atoms with Gasteiger partial charge in [-0.15, -0.1) is 0 Å². The van der Waals surface area contributed by atoms with E-state index in [0.717, 1.165) is 5.56 Å². The van der Waals surface area contributed by atoms with Crippen LogP contribution in [0.15, 0.2) is 78.9 Å². The lowest BCUT2D eigenvalue weighted by Crippen LogP contribution is -2.00. The fourth-order valence-corrected chi connectivity index (χ4v) is 2.65. The Balaban J connectivity index is 1.90. The maximum atomic E-state index is 12.3. The van der Waals surface area contributed by atoms with Gasteiger partial charge in [0.25, 0.3) is 0 Å². The van der Waals surface area contributed by atoms with Crippen LogP contribution in [0.3, 0.4) is 0 Å². The Bertz CT molecular complexity index is 988. The first-order chi connectivity index (χ1) is 12.6. The Morgan fingerprint density at radius 3 is 2.19 bits per heavy atom. The zero-order valence-corrected chi connectivity index (χ0v) is 13.8. The molecule has 0 aliphatic carbocycles. The van der Waals surface area contributed by atoms with Crippen LogP contribution in [0.1, 0.15) is 26.3 Å². The fourth-order valence-electron chi connectivity index (χ4n) is 2.65. The SMILES string of the molecule is O=C(C=Cc1ccccc1)c1ccc(-c2ccccc2C(=O)O)cc1O. The van der Waals surface area contributed by atoms with Gasteiger partial charge in [-0.1, -0.05) is 60.7 Å². The van der Waals surface area contributed by atoms with Gasteiger partial charge < -0.3 is 10.2 Å². The molecule has 0 spiro atoms. The number of carbonyl (C=O) groups excluding carboxylic acids is 1. The van der Waals surface area contributed by atoms with Crippen LogP contribution in [0.5, 0.6) is 5.75 Å². The summed E-state index contributed by atoms with van der Waals surface area (Å²) in [6.45, 7) is 0. The van der Waals surface area contributed by atoms with Crippen LogP contribution in [-0.4, -0.2) is 22.0 Å². The molecule has 0 saturated carbocycles. The lowest BCUT2D eigenvalue weighted by molar-refractivity contribution is 0.0697. The average molecular weight is 344 g/mol. The third-order valence-corrected chi connectivity index (χ3v) is 3.96. The number of aromatic hydroxyl groups is 1. The molecule has 4 heteroatoms. The van der Waals surface area contributed by atoms with Crippen molar-refractivity contribution < 1.29 is 19.8 Å². The molecule has 3 aromatic carbocycles. The Morgan fingerprint density at radius 1 is 0.808 bits per heavy atom. The number of phenolic OH excluding ortho intramolecular Hbond substituents is 1. The summed E-state index contributed by atoms with van der Waals surface area (Å²) in [7, 11) is 0. The van der Waals surface area contributed by atoms with Gasteiger partial charge in [0, 0.05) is 0 Å². The number of allylic oxidation sites excluding steroid dienone is 1. The van der Waals surface area contributed by atoms with Crippen LogP contribution in [0.2, 0.25) is 0 Å². The van der Waals surface area contributed by atoms with Crippen molar-refractivity contribution in [1.29, 1.82) is 0 Å². The van der Waals surface area contributed by atoms with E-state index < -0.39 is 5.97 Å². The summed E-state index contributed by atoms with van der Waals surface area (Å²) in [6.07, 6.45) is 3.07. The highest BCUT2D eigenvalue weighted by molar-refractivity contribution is 6.09. The second-order valence-electron chi connectivity index (χ2n) is 5.69. The van der Waals surface area contributed by atoms with Gasteiger partial charge >= 0.3 is 5.97 Å². The Labute approximate surface area is 150 Å². The normalized spacial score (nSPS) is 10.8. The number of hydrogen-bond donors (Lipinski definition) is 2. The van der Waals surface area contributed by atoms with Gasteiger partial charge in [-0.3, -0.25) is 4.79 Å². The Kier molecular flexibility index (Phi) is 4.94. The van der Waals surface area contributed by atoms with E-state index in [1.54, 1.807) is 30.3 Å². The number of rotatable bonds is 5. The largest absolute Gasteiger partial charge is 0.507 e. The smallest absolute Gasteiger partial charge is 0.336 e. The highest BCUT2D eigenvalue weighted by Gasteiger charge is 2.14. The van der Waals surface area contributed by atoms with Crippen molar-refractivity contribution >= 4 is 17.8 Å². The van der Waals surface area contributed by atoms with Crippen LogP contribution in [0.4, 0.5) is 0 Å². The van der Waals surface area contributed by atoms with Gasteiger partial charge in [0.2, 0.25) is 0 Å². The lowest BCUT2D eigenvalue weighted by atomic mass is 9.97. The summed E-state index contributed by atoms with van der Waals surface area (Å²) in [5.41, 5.74) is 2.19. The van der Waals surface area contributed by atoms with E-state index in [0.29, 0.717) is 11.1 Å². The number of phenols is 1. The topological polar surface area (TPSA) is 74.6 Å². The van der Waals surface area contributed by atoms with Crippen LogP contribution in [0, 0.1) is 0 Å². The van der Waals surface area contributed by atoms with Crippen molar-refractivity contribution in [3.63, 3.8) is 0 Å². The van der Waals surface area contributed by atoms with E-state index in [2.05, 4.69) is 0 Å². The van der Waals surface area contributed by atoms with Gasteiger partial charge in [-0.05, 0) is 41.0 Å². The van der Waals surface area contributed by atoms with Gasteiger partial charge in [0.05, 0.1) is 11.1 Å². The minimum Gasteiger partial charge on any atom is -0.507 e. The molecule has 3 aromatic rings. The molecule has 3 rings (SSSR count). The average Bonchev–Trinajstić information content (AvgIpc) is 2.66. The molecule has 2 N–H and O–H groups in total. The minimum atomic E-state index is -1.05. The van der Waals surface area contributed by atoms with E-state index >= 15 is 0 Å². The summed E-state index contributed by atoms with van der Waals surface area (Å²) < 4.78 is 0. The van der Waals surface area contributed by atoms with E-state index in [-0.39, 0.29) is 22.7 Å². The quantitative estimate of drug-likeness (QED) is 0.522. The molecule has 0 aliphatic rings. The molecule has 0 atom stereocenters. The molecule has 0 heterocycles. The van der Waals surface area contributed by atoms with Crippen molar-refractivity contribution in [2.24, 2.45) is 0 Å². The first kappa shape index (κ1) is 17.2. The molecule has 0 amide bonds. The number of hydrogen-bond acceptors (Lipinski definition) is 3. The number of benzene rings is 3. The third kappa shape index (κ3) is 3.70. The van der Waals surface area contributed by atoms with Crippen LogP contribution < -0.4 is 0 Å². The number of carboxylic acids is 1. The van der Waals surface area contributed by atoms with Crippen molar-refractivity contribution in [2.75, 3.05) is 0 Å². The molecular formula is C22H16O4. The predicted octanol–water partition coefficient (Wildman–Crippen LogP) is 4.65. The van der Waals surface area contributed by atoms with Crippen molar-refractivity contribution in [3.8, 4) is 16.9 Å². The standard InChI is InChI=1S/C22H16O4/c23-20(13-10-15-6-2-1-3-7-15)19-12-11-16(14-21(19)24)17-8-4-5-9-18(17)22(25)26/h1-14,24H,(H,25,26). The monoisotopic (exact) mass is 344 g/mol. The summed E-state index contributed by atoms with van der Waals surface area (Å²) in [4.78, 5) is 23.7. The second kappa shape index (κ2) is 7.49. The van der Waals surface area contributed by atoms with Gasteiger partial charge in [-0.25, -0.2) is 4.79 Å². The maximum absolute atomic E-state index is 12.3. The summed E-state index contributed by atoms with van der Waals surface area (Å²) in [6, 6.07) is 20.4. The molecule has 4 nitrogen and oxygen atoms in total. The summed E-state index contributed by atoms with van der Waals surface area (Å²) in [5, 5.41) is 19.5.